The number of amides is 1. The molecule has 1 aliphatic rings. The molecule has 25 heavy (non-hydrogen) atoms. The van der Waals surface area contributed by atoms with Gasteiger partial charge in [-0.05, 0) is 18.6 Å². The Labute approximate surface area is 146 Å². The van der Waals surface area contributed by atoms with E-state index in [2.05, 4.69) is 9.64 Å². The minimum atomic E-state index is -0.512. The first-order chi connectivity index (χ1) is 12.0. The molecule has 1 aromatic heterocycles. The van der Waals surface area contributed by atoms with E-state index < -0.39 is 5.97 Å². The molecule has 8 heteroatoms. The van der Waals surface area contributed by atoms with Crippen LogP contribution in [0.25, 0.3) is 0 Å². The van der Waals surface area contributed by atoms with Crippen molar-refractivity contribution in [3.05, 3.63) is 23.7 Å². The molecule has 138 valence electrons. The van der Waals surface area contributed by atoms with Gasteiger partial charge in [-0.25, -0.2) is 0 Å². The molecule has 0 spiro atoms. The lowest BCUT2D eigenvalue weighted by Gasteiger charge is -2.21. The fourth-order valence-electron chi connectivity index (χ4n) is 2.66. The zero-order valence-electron chi connectivity index (χ0n) is 14.7. The SMILES string of the molecule is COC(=O)CC(=O)N1CCCN(Cc2ccc(COC(C)=O)o2)CC1. The highest BCUT2D eigenvalue weighted by molar-refractivity contribution is 5.94. The van der Waals surface area contributed by atoms with Crippen molar-refractivity contribution in [2.45, 2.75) is 32.9 Å². The summed E-state index contributed by atoms with van der Waals surface area (Å²) in [5, 5.41) is 0. The van der Waals surface area contributed by atoms with E-state index in [-0.39, 0.29) is 24.9 Å². The van der Waals surface area contributed by atoms with Gasteiger partial charge in [-0.2, -0.15) is 0 Å². The topological polar surface area (TPSA) is 89.3 Å². The van der Waals surface area contributed by atoms with Crippen LogP contribution >= 0.6 is 0 Å². The van der Waals surface area contributed by atoms with Gasteiger partial charge in [0.05, 0.1) is 13.7 Å². The number of carbonyl (C=O) groups excluding carboxylic acids is 3. The molecular formula is C17H24N2O6. The van der Waals surface area contributed by atoms with Crippen LogP contribution in [0.1, 0.15) is 31.3 Å². The molecule has 0 bridgehead atoms. The molecule has 0 atom stereocenters. The monoisotopic (exact) mass is 352 g/mol. The number of ether oxygens (including phenoxy) is 2. The lowest BCUT2D eigenvalue weighted by atomic mass is 10.3. The summed E-state index contributed by atoms with van der Waals surface area (Å²) in [7, 11) is 1.28. The van der Waals surface area contributed by atoms with E-state index in [1.807, 2.05) is 6.07 Å². The Morgan fingerprint density at radius 2 is 1.88 bits per heavy atom. The van der Waals surface area contributed by atoms with E-state index >= 15 is 0 Å². The van der Waals surface area contributed by atoms with Crippen LogP contribution in [0, 0.1) is 0 Å². The van der Waals surface area contributed by atoms with Crippen molar-refractivity contribution in [1.29, 1.82) is 0 Å². The average Bonchev–Trinajstić information content (AvgIpc) is 2.89. The summed E-state index contributed by atoms with van der Waals surface area (Å²) in [4.78, 5) is 38.0. The van der Waals surface area contributed by atoms with Gasteiger partial charge in [0.2, 0.25) is 5.91 Å². The van der Waals surface area contributed by atoms with Gasteiger partial charge in [0.15, 0.2) is 0 Å². The predicted molar refractivity (Wildman–Crippen MR) is 87.3 cm³/mol. The molecule has 0 unspecified atom stereocenters. The molecule has 0 aliphatic carbocycles. The highest BCUT2D eigenvalue weighted by atomic mass is 16.5. The maximum atomic E-state index is 12.1. The van der Waals surface area contributed by atoms with Gasteiger partial charge in [0.1, 0.15) is 24.5 Å². The van der Waals surface area contributed by atoms with Crippen LogP contribution in [0.15, 0.2) is 16.5 Å². The summed E-state index contributed by atoms with van der Waals surface area (Å²) >= 11 is 0. The van der Waals surface area contributed by atoms with Gasteiger partial charge in [-0.3, -0.25) is 19.3 Å². The third-order valence-electron chi connectivity index (χ3n) is 3.98. The van der Waals surface area contributed by atoms with Crippen molar-refractivity contribution >= 4 is 17.8 Å². The highest BCUT2D eigenvalue weighted by Crippen LogP contribution is 2.14. The van der Waals surface area contributed by atoms with Crippen LogP contribution < -0.4 is 0 Å². The Hall–Kier alpha value is -2.35. The minimum Gasteiger partial charge on any atom is -0.469 e. The van der Waals surface area contributed by atoms with Gasteiger partial charge in [0, 0.05) is 33.1 Å². The van der Waals surface area contributed by atoms with Gasteiger partial charge >= 0.3 is 11.9 Å². The number of carbonyl (C=O) groups is 3. The van der Waals surface area contributed by atoms with Crippen LogP contribution in [0.3, 0.4) is 0 Å². The fraction of sp³-hybridized carbons (Fsp3) is 0.588. The predicted octanol–water partition coefficient (Wildman–Crippen LogP) is 0.940. The Morgan fingerprint density at radius 1 is 1.12 bits per heavy atom. The molecule has 1 aliphatic heterocycles. The van der Waals surface area contributed by atoms with Crippen molar-refractivity contribution in [2.75, 3.05) is 33.3 Å². The lowest BCUT2D eigenvalue weighted by molar-refractivity contribution is -0.147. The van der Waals surface area contributed by atoms with E-state index in [4.69, 9.17) is 9.15 Å². The molecule has 0 aromatic carbocycles. The summed E-state index contributed by atoms with van der Waals surface area (Å²) in [6, 6.07) is 3.66. The van der Waals surface area contributed by atoms with E-state index in [1.165, 1.54) is 14.0 Å². The Bertz CT molecular complexity index is 612. The molecule has 8 nitrogen and oxygen atoms in total. The number of nitrogens with zero attached hydrogens (tertiary/aromatic N) is 2. The maximum Gasteiger partial charge on any atom is 0.315 e. The molecule has 1 aromatic rings. The summed E-state index contributed by atoms with van der Waals surface area (Å²) < 4.78 is 15.1. The molecule has 0 saturated carbocycles. The molecule has 2 heterocycles. The summed E-state index contributed by atoms with van der Waals surface area (Å²) in [6.07, 6.45) is 0.613. The molecule has 0 N–H and O–H groups in total. The van der Waals surface area contributed by atoms with Crippen molar-refractivity contribution in [1.82, 2.24) is 9.80 Å². The van der Waals surface area contributed by atoms with E-state index in [1.54, 1.807) is 11.0 Å². The van der Waals surface area contributed by atoms with Crippen LogP contribution in [-0.4, -0.2) is 60.9 Å². The van der Waals surface area contributed by atoms with Crippen LogP contribution in [0.5, 0.6) is 0 Å². The van der Waals surface area contributed by atoms with Crippen LogP contribution in [0.4, 0.5) is 0 Å². The zero-order valence-corrected chi connectivity index (χ0v) is 14.7. The largest absolute Gasteiger partial charge is 0.469 e. The van der Waals surface area contributed by atoms with E-state index in [0.29, 0.717) is 31.9 Å². The molecule has 1 fully saturated rings. The maximum absolute atomic E-state index is 12.1. The number of hydrogen-bond acceptors (Lipinski definition) is 7. The third kappa shape index (κ3) is 6.22. The second-order valence-corrected chi connectivity index (χ2v) is 5.91. The summed E-state index contributed by atoms with van der Waals surface area (Å²) in [5.74, 6) is 0.339. The van der Waals surface area contributed by atoms with Gasteiger partial charge in [-0.1, -0.05) is 0 Å². The summed E-state index contributed by atoms with van der Waals surface area (Å²) in [6.45, 7) is 4.84. The molecular weight excluding hydrogens is 328 g/mol. The third-order valence-corrected chi connectivity index (χ3v) is 3.98. The standard InChI is InChI=1S/C17H24N2O6/c1-13(20)24-12-15-5-4-14(25-15)11-18-6-3-7-19(9-8-18)16(21)10-17(22)23-2/h4-5H,3,6-12H2,1-2H3. The van der Waals surface area contributed by atoms with Crippen molar-refractivity contribution in [2.24, 2.45) is 0 Å². The number of rotatable bonds is 6. The smallest absolute Gasteiger partial charge is 0.315 e. The second kappa shape index (κ2) is 9.22. The first kappa shape index (κ1) is 19.0. The Morgan fingerprint density at radius 3 is 2.60 bits per heavy atom. The molecule has 1 saturated heterocycles. The highest BCUT2D eigenvalue weighted by Gasteiger charge is 2.22. The number of esters is 2. The van der Waals surface area contributed by atoms with Crippen LogP contribution in [0.2, 0.25) is 0 Å². The van der Waals surface area contributed by atoms with Crippen molar-refractivity contribution in [3.63, 3.8) is 0 Å². The quantitative estimate of drug-likeness (QED) is 0.556. The number of hydrogen-bond donors (Lipinski definition) is 0. The first-order valence-corrected chi connectivity index (χ1v) is 8.26. The van der Waals surface area contributed by atoms with E-state index in [0.717, 1.165) is 18.7 Å². The van der Waals surface area contributed by atoms with E-state index in [9.17, 15) is 14.4 Å². The Kier molecular flexibility index (Phi) is 7.00. The second-order valence-electron chi connectivity index (χ2n) is 5.91. The van der Waals surface area contributed by atoms with Crippen LogP contribution in [-0.2, 0) is 37.0 Å². The zero-order chi connectivity index (χ0) is 18.2. The number of furan rings is 1. The van der Waals surface area contributed by atoms with Crippen molar-refractivity contribution in [3.8, 4) is 0 Å². The summed E-state index contributed by atoms with van der Waals surface area (Å²) in [5.41, 5.74) is 0. The molecule has 0 radical (unpaired) electrons. The first-order valence-electron chi connectivity index (χ1n) is 8.26. The van der Waals surface area contributed by atoms with Crippen molar-refractivity contribution < 1.29 is 28.3 Å². The van der Waals surface area contributed by atoms with Gasteiger partial charge < -0.3 is 18.8 Å². The molecule has 2 rings (SSSR count). The molecule has 1 amide bonds. The van der Waals surface area contributed by atoms with Gasteiger partial charge in [-0.15, -0.1) is 0 Å². The normalized spacial score (nSPS) is 15.5. The number of methoxy groups -OCH3 is 1. The fourth-order valence-corrected chi connectivity index (χ4v) is 2.66. The lowest BCUT2D eigenvalue weighted by Crippen LogP contribution is -2.36. The average molecular weight is 352 g/mol. The van der Waals surface area contributed by atoms with Gasteiger partial charge in [0.25, 0.3) is 0 Å². The Balaban J connectivity index is 1.81. The minimum absolute atomic E-state index is 0.130.